The summed E-state index contributed by atoms with van der Waals surface area (Å²) in [6.07, 6.45) is 4.53. The number of carbonyl (C=O) groups excluding carboxylic acids is 1. The van der Waals surface area contributed by atoms with Crippen molar-refractivity contribution in [2.45, 2.75) is 46.6 Å². The molecular formula is C17H19N5O2S. The molecule has 0 fully saturated rings. The summed E-state index contributed by atoms with van der Waals surface area (Å²) >= 11 is 1.60. The van der Waals surface area contributed by atoms with Crippen LogP contribution in [0.2, 0.25) is 0 Å². The number of hydrogen-bond acceptors (Lipinski definition) is 5. The molecule has 0 atom stereocenters. The van der Waals surface area contributed by atoms with Gasteiger partial charge in [-0.05, 0) is 45.6 Å². The van der Waals surface area contributed by atoms with Crippen molar-refractivity contribution in [2.75, 3.05) is 5.43 Å². The largest absolute Gasteiger partial charge is 0.281 e. The minimum absolute atomic E-state index is 0.198. The van der Waals surface area contributed by atoms with E-state index in [9.17, 15) is 9.59 Å². The van der Waals surface area contributed by atoms with Crippen LogP contribution >= 0.6 is 11.3 Å². The Morgan fingerprint density at radius 1 is 1.36 bits per heavy atom. The molecule has 8 heteroatoms. The second-order valence-electron chi connectivity index (χ2n) is 6.24. The monoisotopic (exact) mass is 357 g/mol. The first-order valence-corrected chi connectivity index (χ1v) is 9.20. The van der Waals surface area contributed by atoms with E-state index in [1.165, 1.54) is 15.8 Å². The molecule has 0 saturated carbocycles. The Hall–Kier alpha value is -2.48. The Bertz CT molecular complexity index is 1060. The Kier molecular flexibility index (Phi) is 3.72. The first-order chi connectivity index (χ1) is 12.0. The molecular weight excluding hydrogens is 338 g/mol. The van der Waals surface area contributed by atoms with Crippen LogP contribution in [0.4, 0.5) is 0 Å². The van der Waals surface area contributed by atoms with Crippen LogP contribution in [0.3, 0.4) is 0 Å². The molecule has 130 valence electrons. The third kappa shape index (κ3) is 2.39. The average Bonchev–Trinajstić information content (AvgIpc) is 3.24. The molecule has 0 unspecified atom stereocenters. The Balaban J connectivity index is 1.77. The maximum Gasteiger partial charge on any atom is 0.281 e. The third-order valence-corrected chi connectivity index (χ3v) is 5.95. The summed E-state index contributed by atoms with van der Waals surface area (Å²) in [6.45, 7) is 6.22. The summed E-state index contributed by atoms with van der Waals surface area (Å²) in [6, 6.07) is 0. The number of hydrogen-bond donors (Lipinski definition) is 1. The van der Waals surface area contributed by atoms with Gasteiger partial charge in [-0.1, -0.05) is 0 Å². The highest BCUT2D eigenvalue weighted by Gasteiger charge is 2.23. The average molecular weight is 357 g/mol. The van der Waals surface area contributed by atoms with Crippen molar-refractivity contribution in [1.82, 2.24) is 19.4 Å². The lowest BCUT2D eigenvalue weighted by Crippen LogP contribution is -2.35. The maximum absolute atomic E-state index is 13.0. The normalized spacial score (nSPS) is 13.4. The zero-order valence-electron chi connectivity index (χ0n) is 14.4. The SMILES string of the molecule is CCn1ncc(C(=O)Nn2c(C)nc3sc4c(c3c2=O)CCC4)c1C. The molecule has 3 heterocycles. The van der Waals surface area contributed by atoms with Gasteiger partial charge in [0.05, 0.1) is 17.1 Å². The topological polar surface area (TPSA) is 81.8 Å². The van der Waals surface area contributed by atoms with Gasteiger partial charge in [0.15, 0.2) is 0 Å². The molecule has 3 aromatic rings. The van der Waals surface area contributed by atoms with Crippen molar-refractivity contribution < 1.29 is 4.79 Å². The number of fused-ring (bicyclic) bond motifs is 3. The molecule has 0 aromatic carbocycles. The van der Waals surface area contributed by atoms with Crippen LogP contribution in [0.15, 0.2) is 11.0 Å². The Labute approximate surface area is 148 Å². The summed E-state index contributed by atoms with van der Waals surface area (Å²) in [5.41, 5.74) is 4.84. The molecule has 0 radical (unpaired) electrons. The van der Waals surface area contributed by atoms with Crippen LogP contribution in [-0.2, 0) is 19.4 Å². The number of aryl methyl sites for hydroxylation is 4. The molecule has 25 heavy (non-hydrogen) atoms. The lowest BCUT2D eigenvalue weighted by molar-refractivity contribution is 0.101. The van der Waals surface area contributed by atoms with Crippen molar-refractivity contribution in [3.8, 4) is 0 Å². The first-order valence-electron chi connectivity index (χ1n) is 8.39. The van der Waals surface area contributed by atoms with Gasteiger partial charge in [-0.2, -0.15) is 5.10 Å². The number of rotatable bonds is 3. The van der Waals surface area contributed by atoms with E-state index in [1.807, 2.05) is 13.8 Å². The van der Waals surface area contributed by atoms with Gasteiger partial charge in [0.2, 0.25) is 0 Å². The summed E-state index contributed by atoms with van der Waals surface area (Å²) < 4.78 is 3.01. The van der Waals surface area contributed by atoms with E-state index in [2.05, 4.69) is 15.5 Å². The molecule has 0 bridgehead atoms. The number of nitrogens with zero attached hydrogens (tertiary/aromatic N) is 4. The molecule has 7 nitrogen and oxygen atoms in total. The van der Waals surface area contributed by atoms with Gasteiger partial charge in [0.25, 0.3) is 11.5 Å². The number of aromatic nitrogens is 4. The molecule has 0 aliphatic heterocycles. The van der Waals surface area contributed by atoms with Crippen molar-refractivity contribution >= 4 is 27.5 Å². The van der Waals surface area contributed by atoms with Crippen molar-refractivity contribution in [1.29, 1.82) is 0 Å². The van der Waals surface area contributed by atoms with E-state index in [-0.39, 0.29) is 11.5 Å². The summed E-state index contributed by atoms with van der Waals surface area (Å²) in [5.74, 6) is 0.127. The molecule has 0 saturated heterocycles. The molecule has 0 spiro atoms. The summed E-state index contributed by atoms with van der Waals surface area (Å²) in [4.78, 5) is 32.2. The Morgan fingerprint density at radius 3 is 2.88 bits per heavy atom. The van der Waals surface area contributed by atoms with Crippen LogP contribution < -0.4 is 11.0 Å². The molecule has 3 aromatic heterocycles. The minimum Gasteiger partial charge on any atom is -0.269 e. The van der Waals surface area contributed by atoms with Gasteiger partial charge in [0.1, 0.15) is 10.7 Å². The number of thiophene rings is 1. The highest BCUT2D eigenvalue weighted by atomic mass is 32.1. The molecule has 1 aliphatic rings. The van der Waals surface area contributed by atoms with E-state index in [0.717, 1.165) is 35.4 Å². The fourth-order valence-electron chi connectivity index (χ4n) is 3.43. The fraction of sp³-hybridized carbons (Fsp3) is 0.412. The zero-order chi connectivity index (χ0) is 17.7. The van der Waals surface area contributed by atoms with Crippen molar-refractivity contribution in [3.05, 3.63) is 44.1 Å². The van der Waals surface area contributed by atoms with Crippen LogP contribution in [-0.4, -0.2) is 25.3 Å². The zero-order valence-corrected chi connectivity index (χ0v) is 15.2. The van der Waals surface area contributed by atoms with E-state index < -0.39 is 0 Å². The van der Waals surface area contributed by atoms with Gasteiger partial charge in [-0.15, -0.1) is 11.3 Å². The predicted molar refractivity (Wildman–Crippen MR) is 97.0 cm³/mol. The quantitative estimate of drug-likeness (QED) is 0.779. The number of carbonyl (C=O) groups is 1. The van der Waals surface area contributed by atoms with Crippen LogP contribution in [0.5, 0.6) is 0 Å². The smallest absolute Gasteiger partial charge is 0.269 e. The van der Waals surface area contributed by atoms with Gasteiger partial charge < -0.3 is 0 Å². The van der Waals surface area contributed by atoms with Crippen molar-refractivity contribution in [3.63, 3.8) is 0 Å². The second-order valence-corrected chi connectivity index (χ2v) is 7.32. The maximum atomic E-state index is 13.0. The van der Waals surface area contributed by atoms with Gasteiger partial charge in [-0.3, -0.25) is 19.7 Å². The number of amides is 1. The van der Waals surface area contributed by atoms with E-state index >= 15 is 0 Å². The highest BCUT2D eigenvalue weighted by molar-refractivity contribution is 7.18. The molecule has 1 amide bonds. The first kappa shape index (κ1) is 16.0. The summed E-state index contributed by atoms with van der Waals surface area (Å²) in [5, 5.41) is 4.84. The van der Waals surface area contributed by atoms with Gasteiger partial charge >= 0.3 is 0 Å². The highest BCUT2D eigenvalue weighted by Crippen LogP contribution is 2.34. The van der Waals surface area contributed by atoms with Gasteiger partial charge in [0, 0.05) is 17.1 Å². The van der Waals surface area contributed by atoms with E-state index in [0.29, 0.717) is 23.3 Å². The lowest BCUT2D eigenvalue weighted by Gasteiger charge is -2.11. The van der Waals surface area contributed by atoms with E-state index in [1.54, 1.807) is 22.9 Å². The predicted octanol–water partition coefficient (Wildman–Crippen LogP) is 2.16. The minimum atomic E-state index is -0.351. The van der Waals surface area contributed by atoms with Crippen LogP contribution in [0, 0.1) is 13.8 Å². The van der Waals surface area contributed by atoms with E-state index in [4.69, 9.17) is 0 Å². The van der Waals surface area contributed by atoms with Crippen LogP contribution in [0.25, 0.3) is 10.2 Å². The standard InChI is InChI=1S/C17H19N5O2S/c1-4-21-9(2)12(8-18-21)15(23)20-22-10(3)19-16-14(17(22)24)11-6-5-7-13(11)25-16/h8H,4-7H2,1-3H3,(H,20,23). The van der Waals surface area contributed by atoms with Crippen LogP contribution in [0.1, 0.15) is 45.7 Å². The number of nitrogens with one attached hydrogen (secondary N) is 1. The molecule has 1 N–H and O–H groups in total. The van der Waals surface area contributed by atoms with Crippen molar-refractivity contribution in [2.24, 2.45) is 0 Å². The van der Waals surface area contributed by atoms with Gasteiger partial charge in [-0.25, -0.2) is 9.66 Å². The summed E-state index contributed by atoms with van der Waals surface area (Å²) in [7, 11) is 0. The Morgan fingerprint density at radius 2 is 2.16 bits per heavy atom. The fourth-order valence-corrected chi connectivity index (χ4v) is 4.72. The lowest BCUT2D eigenvalue weighted by atomic mass is 10.2. The second kappa shape index (κ2) is 5.80. The third-order valence-electron chi connectivity index (χ3n) is 4.77. The molecule has 1 aliphatic carbocycles. The molecule has 4 rings (SSSR count).